The van der Waals surface area contributed by atoms with Crippen molar-refractivity contribution in [1.29, 1.82) is 0 Å². The van der Waals surface area contributed by atoms with Gasteiger partial charge in [0.05, 0.1) is 6.61 Å². The number of carbonyl (C=O) groups is 1. The lowest BCUT2D eigenvalue weighted by Gasteiger charge is -2.44. The largest absolute Gasteiger partial charge is 0.493 e. The molecule has 1 aromatic carbocycles. The first-order chi connectivity index (χ1) is 14.4. The molecule has 3 aliphatic rings. The van der Waals surface area contributed by atoms with Crippen LogP contribution in [0.5, 0.6) is 5.75 Å². The van der Waals surface area contributed by atoms with Crippen molar-refractivity contribution in [3.8, 4) is 5.75 Å². The first kappa shape index (κ1) is 21.9. The molecule has 2 heterocycles. The molecule has 4 rings (SSSR count). The second-order valence-electron chi connectivity index (χ2n) is 9.84. The van der Waals surface area contributed by atoms with E-state index >= 15 is 0 Å². The summed E-state index contributed by atoms with van der Waals surface area (Å²) in [6.45, 7) is 9.51. The van der Waals surface area contributed by atoms with Crippen molar-refractivity contribution in [2.45, 2.75) is 39.0 Å². The standard InChI is InChI=1S/C24H36ClN3O2/c1-19-14-21(6-7-22(19)25)30-18-24(8-3-9-27(17-24)16-20-4-5-20)15-23(29)28-12-10-26(2)11-13-28/h6-7,14,20H,3-5,8-13,15-18H2,1-2H3/t24-/m0/s1. The highest BCUT2D eigenvalue weighted by Crippen LogP contribution is 2.38. The van der Waals surface area contributed by atoms with Crippen LogP contribution in [0.3, 0.4) is 0 Å². The van der Waals surface area contributed by atoms with Gasteiger partial charge >= 0.3 is 0 Å². The third kappa shape index (κ3) is 5.68. The van der Waals surface area contributed by atoms with Gasteiger partial charge in [-0.15, -0.1) is 0 Å². The van der Waals surface area contributed by atoms with Gasteiger partial charge in [-0.25, -0.2) is 0 Å². The van der Waals surface area contributed by atoms with Crippen LogP contribution in [-0.2, 0) is 4.79 Å². The molecule has 2 aliphatic heterocycles. The molecule has 6 heteroatoms. The molecular weight excluding hydrogens is 398 g/mol. The Morgan fingerprint density at radius 2 is 1.97 bits per heavy atom. The second kappa shape index (κ2) is 9.46. The lowest BCUT2D eigenvalue weighted by Crippen LogP contribution is -2.52. The predicted molar refractivity (Wildman–Crippen MR) is 121 cm³/mol. The molecule has 166 valence electrons. The molecule has 0 aromatic heterocycles. The summed E-state index contributed by atoms with van der Waals surface area (Å²) in [6.07, 6.45) is 5.52. The molecule has 5 nitrogen and oxygen atoms in total. The Kier molecular flexibility index (Phi) is 6.91. The zero-order valence-corrected chi connectivity index (χ0v) is 19.3. The maximum Gasteiger partial charge on any atom is 0.223 e. The minimum Gasteiger partial charge on any atom is -0.493 e. The molecule has 1 aliphatic carbocycles. The molecule has 0 unspecified atom stereocenters. The van der Waals surface area contributed by atoms with Gasteiger partial charge in [0.1, 0.15) is 5.75 Å². The molecule has 30 heavy (non-hydrogen) atoms. The maximum atomic E-state index is 13.2. The van der Waals surface area contributed by atoms with E-state index in [4.69, 9.17) is 16.3 Å². The number of rotatable bonds is 7. The number of aryl methyl sites for hydroxylation is 1. The number of ether oxygens (including phenoxy) is 1. The number of piperidine rings is 1. The topological polar surface area (TPSA) is 36.0 Å². The summed E-state index contributed by atoms with van der Waals surface area (Å²) in [5, 5.41) is 0.760. The summed E-state index contributed by atoms with van der Waals surface area (Å²) < 4.78 is 6.29. The average molecular weight is 434 g/mol. The SMILES string of the molecule is Cc1cc(OC[C@]2(CC(=O)N3CCN(C)CC3)CCCN(CC3CC3)C2)ccc1Cl. The molecule has 2 saturated heterocycles. The maximum absolute atomic E-state index is 13.2. The number of benzene rings is 1. The van der Waals surface area contributed by atoms with Crippen LogP contribution >= 0.6 is 11.6 Å². The summed E-state index contributed by atoms with van der Waals surface area (Å²) >= 11 is 6.18. The van der Waals surface area contributed by atoms with E-state index in [1.165, 1.54) is 19.4 Å². The van der Waals surface area contributed by atoms with Crippen molar-refractivity contribution in [2.75, 3.05) is 59.5 Å². The number of carbonyl (C=O) groups excluding carboxylic acids is 1. The van der Waals surface area contributed by atoms with Crippen molar-refractivity contribution in [3.63, 3.8) is 0 Å². The van der Waals surface area contributed by atoms with Crippen LogP contribution < -0.4 is 4.74 Å². The van der Waals surface area contributed by atoms with E-state index in [0.717, 1.165) is 74.4 Å². The molecular formula is C24H36ClN3O2. The fourth-order valence-electron chi connectivity index (χ4n) is 4.88. The number of halogens is 1. The van der Waals surface area contributed by atoms with Crippen molar-refractivity contribution in [2.24, 2.45) is 11.3 Å². The van der Waals surface area contributed by atoms with Crippen molar-refractivity contribution in [3.05, 3.63) is 28.8 Å². The average Bonchev–Trinajstić information content (AvgIpc) is 3.54. The highest BCUT2D eigenvalue weighted by atomic mass is 35.5. The van der Waals surface area contributed by atoms with Gasteiger partial charge in [0.25, 0.3) is 0 Å². The minimum atomic E-state index is -0.110. The minimum absolute atomic E-state index is 0.110. The molecule has 0 spiro atoms. The first-order valence-electron chi connectivity index (χ1n) is 11.5. The highest BCUT2D eigenvalue weighted by Gasteiger charge is 2.41. The van der Waals surface area contributed by atoms with Crippen molar-refractivity contribution in [1.82, 2.24) is 14.7 Å². The van der Waals surface area contributed by atoms with Crippen LogP contribution in [0.4, 0.5) is 0 Å². The Bertz CT molecular complexity index is 746. The molecule has 0 bridgehead atoms. The number of hydrogen-bond acceptors (Lipinski definition) is 4. The lowest BCUT2D eigenvalue weighted by molar-refractivity contribution is -0.137. The second-order valence-corrected chi connectivity index (χ2v) is 10.2. The fraction of sp³-hybridized carbons (Fsp3) is 0.708. The zero-order chi connectivity index (χ0) is 21.1. The van der Waals surface area contributed by atoms with E-state index in [1.54, 1.807) is 0 Å². The number of hydrogen-bond donors (Lipinski definition) is 0. The summed E-state index contributed by atoms with van der Waals surface area (Å²) in [4.78, 5) is 20.2. The number of amides is 1. The van der Waals surface area contributed by atoms with Gasteiger partial charge in [-0.3, -0.25) is 4.79 Å². The van der Waals surface area contributed by atoms with Gasteiger partial charge in [-0.2, -0.15) is 0 Å². The summed E-state index contributed by atoms with van der Waals surface area (Å²) in [5.41, 5.74) is 0.914. The van der Waals surface area contributed by atoms with Crippen molar-refractivity contribution >= 4 is 17.5 Å². The van der Waals surface area contributed by atoms with Gasteiger partial charge in [-0.05, 0) is 75.9 Å². The number of likely N-dealkylation sites (tertiary alicyclic amines) is 1. The number of nitrogens with zero attached hydrogens (tertiary/aromatic N) is 3. The van der Waals surface area contributed by atoms with Crippen LogP contribution in [0.15, 0.2) is 18.2 Å². The predicted octanol–water partition coefficient (Wildman–Crippen LogP) is 3.68. The molecule has 1 aromatic rings. The molecule has 1 atom stereocenters. The molecule has 3 fully saturated rings. The highest BCUT2D eigenvalue weighted by molar-refractivity contribution is 6.31. The van der Waals surface area contributed by atoms with Gasteiger partial charge in [0.15, 0.2) is 0 Å². The Morgan fingerprint density at radius 3 is 2.67 bits per heavy atom. The first-order valence-corrected chi connectivity index (χ1v) is 11.9. The molecule has 0 N–H and O–H groups in total. The molecule has 1 saturated carbocycles. The van der Waals surface area contributed by atoms with Crippen LogP contribution in [0.25, 0.3) is 0 Å². The lowest BCUT2D eigenvalue weighted by atomic mass is 9.77. The third-order valence-corrected chi connectivity index (χ3v) is 7.43. The van der Waals surface area contributed by atoms with Gasteiger partial charge in [0, 0.05) is 56.1 Å². The number of piperazine rings is 1. The normalized spacial score (nSPS) is 26.0. The van der Waals surface area contributed by atoms with E-state index in [0.29, 0.717) is 18.9 Å². The van der Waals surface area contributed by atoms with Gasteiger partial charge < -0.3 is 19.4 Å². The van der Waals surface area contributed by atoms with E-state index in [9.17, 15) is 4.79 Å². The Hall–Kier alpha value is -1.30. The number of likely N-dealkylation sites (N-methyl/N-ethyl adjacent to an activating group) is 1. The van der Waals surface area contributed by atoms with Crippen LogP contribution in [0.2, 0.25) is 5.02 Å². The van der Waals surface area contributed by atoms with E-state index in [2.05, 4.69) is 21.7 Å². The molecule has 1 amide bonds. The molecule has 0 radical (unpaired) electrons. The fourth-order valence-corrected chi connectivity index (χ4v) is 4.99. The smallest absolute Gasteiger partial charge is 0.223 e. The van der Waals surface area contributed by atoms with E-state index in [1.807, 2.05) is 25.1 Å². The summed E-state index contributed by atoms with van der Waals surface area (Å²) in [7, 11) is 2.13. The van der Waals surface area contributed by atoms with Crippen molar-refractivity contribution < 1.29 is 9.53 Å². The van der Waals surface area contributed by atoms with Crippen LogP contribution in [0.1, 0.15) is 37.7 Å². The Morgan fingerprint density at radius 1 is 1.20 bits per heavy atom. The summed E-state index contributed by atoms with van der Waals surface area (Å²) in [5.74, 6) is 2.02. The van der Waals surface area contributed by atoms with Crippen LogP contribution in [0, 0.1) is 18.3 Å². The van der Waals surface area contributed by atoms with Gasteiger partial charge in [0.2, 0.25) is 5.91 Å². The quantitative estimate of drug-likeness (QED) is 0.657. The summed E-state index contributed by atoms with van der Waals surface area (Å²) in [6, 6.07) is 5.84. The Balaban J connectivity index is 1.45. The Labute approximate surface area is 186 Å². The third-order valence-electron chi connectivity index (χ3n) is 7.01. The zero-order valence-electron chi connectivity index (χ0n) is 18.5. The van der Waals surface area contributed by atoms with Gasteiger partial charge in [-0.1, -0.05) is 11.6 Å². The van der Waals surface area contributed by atoms with E-state index < -0.39 is 0 Å². The van der Waals surface area contributed by atoms with Crippen LogP contribution in [-0.4, -0.2) is 80.1 Å². The van der Waals surface area contributed by atoms with E-state index in [-0.39, 0.29) is 5.41 Å². The monoisotopic (exact) mass is 433 g/mol.